The van der Waals surface area contributed by atoms with Gasteiger partial charge in [-0.3, -0.25) is 14.7 Å². The zero-order chi connectivity index (χ0) is 24.2. The molecule has 0 saturated carbocycles. The number of anilines is 2. The monoisotopic (exact) mass is 495 g/mol. The molecule has 35 heavy (non-hydrogen) atoms. The Balaban J connectivity index is 1.37. The Bertz CT molecular complexity index is 1160. The zero-order valence-electron chi connectivity index (χ0n) is 20.5. The number of hydrogen-bond donors (Lipinski definition) is 0. The molecular weight excluding hydrogens is 462 g/mol. The number of carbonyl (C=O) groups is 1. The van der Waals surface area contributed by atoms with Crippen LogP contribution in [0.2, 0.25) is 0 Å². The van der Waals surface area contributed by atoms with Crippen molar-refractivity contribution >= 4 is 39.0 Å². The number of fused-ring (bicyclic) bond motifs is 1. The summed E-state index contributed by atoms with van der Waals surface area (Å²) in [5, 5.41) is 4.28. The first-order valence-electron chi connectivity index (χ1n) is 12.3. The van der Waals surface area contributed by atoms with Gasteiger partial charge in [-0.1, -0.05) is 18.2 Å². The number of morpholine rings is 1. The van der Waals surface area contributed by atoms with E-state index >= 15 is 0 Å². The fraction of sp³-hybridized carbons (Fsp3) is 0.500. The lowest BCUT2D eigenvalue weighted by Gasteiger charge is -2.30. The quantitative estimate of drug-likeness (QED) is 0.480. The van der Waals surface area contributed by atoms with Crippen LogP contribution in [-0.2, 0) is 14.3 Å². The predicted octanol–water partition coefficient (Wildman–Crippen LogP) is 3.65. The van der Waals surface area contributed by atoms with Crippen LogP contribution in [0.4, 0.5) is 10.8 Å². The minimum Gasteiger partial charge on any atom is -0.469 e. The number of carbonyl (C=O) groups excluding carboxylic acids is 1. The number of thiazole rings is 1. The van der Waals surface area contributed by atoms with Crippen molar-refractivity contribution in [2.45, 2.75) is 25.8 Å². The van der Waals surface area contributed by atoms with Gasteiger partial charge < -0.3 is 19.3 Å². The van der Waals surface area contributed by atoms with Crippen molar-refractivity contribution in [2.24, 2.45) is 0 Å². The first kappa shape index (κ1) is 24.0. The van der Waals surface area contributed by atoms with E-state index in [1.54, 1.807) is 11.3 Å². The lowest BCUT2D eigenvalue weighted by Crippen LogP contribution is -2.37. The fourth-order valence-electron chi connectivity index (χ4n) is 5.09. The van der Waals surface area contributed by atoms with E-state index < -0.39 is 0 Å². The van der Waals surface area contributed by atoms with Crippen LogP contribution in [0.25, 0.3) is 10.9 Å². The molecule has 1 atom stereocenters. The molecule has 0 bridgehead atoms. The minimum absolute atomic E-state index is 0.0971. The van der Waals surface area contributed by atoms with Crippen LogP contribution < -0.4 is 9.80 Å². The summed E-state index contributed by atoms with van der Waals surface area (Å²) in [5.41, 5.74) is 4.48. The average Bonchev–Trinajstić information content (AvgIpc) is 3.27. The van der Waals surface area contributed by atoms with E-state index in [2.05, 4.69) is 45.2 Å². The molecule has 8 nitrogen and oxygen atoms in total. The number of hydrogen-bond acceptors (Lipinski definition) is 9. The van der Waals surface area contributed by atoms with E-state index in [9.17, 15) is 4.79 Å². The Morgan fingerprint density at radius 3 is 2.80 bits per heavy atom. The number of benzene rings is 1. The largest absolute Gasteiger partial charge is 0.469 e. The van der Waals surface area contributed by atoms with E-state index in [-0.39, 0.29) is 12.0 Å². The van der Waals surface area contributed by atoms with Gasteiger partial charge in [-0.05, 0) is 25.0 Å². The molecule has 2 aliphatic heterocycles. The van der Waals surface area contributed by atoms with Crippen molar-refractivity contribution in [2.75, 3.05) is 69.4 Å². The van der Waals surface area contributed by atoms with Crippen molar-refractivity contribution in [1.29, 1.82) is 0 Å². The Morgan fingerprint density at radius 1 is 1.11 bits per heavy atom. The van der Waals surface area contributed by atoms with Gasteiger partial charge in [0.05, 0.1) is 49.7 Å². The molecule has 2 fully saturated rings. The highest BCUT2D eigenvalue weighted by molar-refractivity contribution is 7.13. The van der Waals surface area contributed by atoms with Crippen molar-refractivity contribution < 1.29 is 14.3 Å². The Kier molecular flexibility index (Phi) is 7.46. The van der Waals surface area contributed by atoms with Gasteiger partial charge in [-0.25, -0.2) is 4.98 Å². The predicted molar refractivity (Wildman–Crippen MR) is 139 cm³/mol. The van der Waals surface area contributed by atoms with Crippen LogP contribution in [0.3, 0.4) is 0 Å². The number of esters is 1. The third-order valence-electron chi connectivity index (χ3n) is 6.96. The van der Waals surface area contributed by atoms with Crippen LogP contribution in [-0.4, -0.2) is 80.4 Å². The number of pyridine rings is 1. The van der Waals surface area contributed by atoms with E-state index in [0.717, 1.165) is 80.6 Å². The summed E-state index contributed by atoms with van der Waals surface area (Å²) in [4.78, 5) is 29.2. The third-order valence-corrected chi connectivity index (χ3v) is 7.88. The molecule has 1 aromatic carbocycles. The Morgan fingerprint density at radius 2 is 1.97 bits per heavy atom. The summed E-state index contributed by atoms with van der Waals surface area (Å²) >= 11 is 1.65. The summed E-state index contributed by atoms with van der Waals surface area (Å²) in [6.07, 6.45) is 3.18. The maximum atomic E-state index is 12.4. The number of aryl methyl sites for hydroxylation is 1. The van der Waals surface area contributed by atoms with Crippen LogP contribution in [0.1, 0.15) is 30.1 Å². The molecule has 2 aromatic heterocycles. The van der Waals surface area contributed by atoms with Gasteiger partial charge in [0.1, 0.15) is 0 Å². The number of rotatable bonds is 6. The second kappa shape index (κ2) is 10.9. The van der Waals surface area contributed by atoms with E-state index in [1.165, 1.54) is 18.4 Å². The van der Waals surface area contributed by atoms with Gasteiger partial charge in [-0.15, -0.1) is 11.3 Å². The van der Waals surface area contributed by atoms with Crippen LogP contribution >= 0.6 is 11.3 Å². The lowest BCUT2D eigenvalue weighted by atomic mass is 10.1. The fourth-order valence-corrected chi connectivity index (χ4v) is 6.02. The summed E-state index contributed by atoms with van der Waals surface area (Å²) in [6, 6.07) is 8.34. The van der Waals surface area contributed by atoms with E-state index in [0.29, 0.717) is 6.42 Å². The van der Waals surface area contributed by atoms with Crippen molar-refractivity contribution in [1.82, 2.24) is 14.9 Å². The molecule has 0 N–H and O–H groups in total. The topological polar surface area (TPSA) is 71.0 Å². The molecule has 2 saturated heterocycles. The normalized spacial score (nSPS) is 18.5. The lowest BCUT2D eigenvalue weighted by molar-refractivity contribution is -0.142. The summed E-state index contributed by atoms with van der Waals surface area (Å²) in [7, 11) is 1.46. The van der Waals surface area contributed by atoms with E-state index in [1.807, 2.05) is 12.3 Å². The third kappa shape index (κ3) is 5.27. The van der Waals surface area contributed by atoms with Gasteiger partial charge in [0.2, 0.25) is 0 Å². The highest BCUT2D eigenvalue weighted by Gasteiger charge is 2.29. The second-order valence-corrected chi connectivity index (χ2v) is 9.97. The molecule has 0 spiro atoms. The minimum atomic E-state index is -0.203. The van der Waals surface area contributed by atoms with Crippen LogP contribution in [0, 0.1) is 6.92 Å². The number of nitrogens with zero attached hydrogens (tertiary/aromatic N) is 5. The Hall–Kier alpha value is -2.75. The van der Waals surface area contributed by atoms with Gasteiger partial charge in [0, 0.05) is 56.2 Å². The summed E-state index contributed by atoms with van der Waals surface area (Å²) in [5.74, 6) is -0.203. The van der Waals surface area contributed by atoms with Crippen molar-refractivity contribution in [3.8, 4) is 0 Å². The molecule has 5 rings (SSSR count). The van der Waals surface area contributed by atoms with Gasteiger partial charge >= 0.3 is 5.97 Å². The van der Waals surface area contributed by atoms with Crippen LogP contribution in [0.5, 0.6) is 0 Å². The number of methoxy groups -OCH3 is 1. The average molecular weight is 496 g/mol. The van der Waals surface area contributed by atoms with Gasteiger partial charge in [-0.2, -0.15) is 0 Å². The molecule has 0 aliphatic carbocycles. The molecule has 1 unspecified atom stereocenters. The van der Waals surface area contributed by atoms with E-state index in [4.69, 9.17) is 19.4 Å². The molecule has 186 valence electrons. The van der Waals surface area contributed by atoms with Crippen molar-refractivity contribution in [3.05, 3.63) is 47.1 Å². The van der Waals surface area contributed by atoms with Gasteiger partial charge in [0.25, 0.3) is 0 Å². The molecule has 4 heterocycles. The number of aromatic nitrogens is 2. The molecule has 9 heteroatoms. The zero-order valence-corrected chi connectivity index (χ0v) is 21.3. The van der Waals surface area contributed by atoms with Crippen LogP contribution in [0.15, 0.2) is 35.8 Å². The highest BCUT2D eigenvalue weighted by atomic mass is 32.1. The molecule has 3 aromatic rings. The number of ether oxygens (including phenoxy) is 2. The summed E-state index contributed by atoms with van der Waals surface area (Å²) in [6.45, 7) is 8.89. The highest BCUT2D eigenvalue weighted by Crippen LogP contribution is 2.33. The first-order chi connectivity index (χ1) is 17.1. The maximum Gasteiger partial charge on any atom is 0.307 e. The standard InChI is InChI=1S/C26H33N5O3S/c1-19-6-7-20-5-3-8-27-24(20)25(19)30-10-4-9-29(11-12-30)22(17-23(32)33-2)21-18-35-26(28-21)31-13-15-34-16-14-31/h3,5-8,18,22H,4,9-17H2,1-2H3. The second-order valence-electron chi connectivity index (χ2n) is 9.13. The SMILES string of the molecule is COC(=O)CC(c1csc(N2CCOCC2)n1)N1CCCN(c2c(C)ccc3cccnc23)CC1. The molecular formula is C26H33N5O3S. The van der Waals surface area contributed by atoms with Gasteiger partial charge in [0.15, 0.2) is 5.13 Å². The smallest absolute Gasteiger partial charge is 0.307 e. The molecule has 2 aliphatic rings. The molecule has 0 radical (unpaired) electrons. The summed E-state index contributed by atoms with van der Waals surface area (Å²) < 4.78 is 10.6. The molecule has 0 amide bonds. The first-order valence-corrected chi connectivity index (χ1v) is 13.2. The Labute approximate surface area is 210 Å². The maximum absolute atomic E-state index is 12.4. The van der Waals surface area contributed by atoms with Crippen molar-refractivity contribution in [3.63, 3.8) is 0 Å².